The van der Waals surface area contributed by atoms with Crippen LogP contribution in [0.15, 0.2) is 53.3 Å². The van der Waals surface area contributed by atoms with Crippen molar-refractivity contribution in [3.8, 4) is 5.69 Å². The van der Waals surface area contributed by atoms with Crippen LogP contribution >= 0.6 is 0 Å². The number of rotatable bonds is 3. The van der Waals surface area contributed by atoms with E-state index in [1.165, 1.54) is 9.36 Å². The molecule has 0 radical (unpaired) electrons. The van der Waals surface area contributed by atoms with E-state index in [2.05, 4.69) is 5.32 Å². The summed E-state index contributed by atoms with van der Waals surface area (Å²) in [6, 6.07) is 10.5. The number of alkyl halides is 3. The molecule has 0 unspecified atom stereocenters. The van der Waals surface area contributed by atoms with E-state index in [4.69, 9.17) is 0 Å². The van der Waals surface area contributed by atoms with Gasteiger partial charge in [-0.2, -0.15) is 13.2 Å². The van der Waals surface area contributed by atoms with E-state index in [-0.39, 0.29) is 5.69 Å². The van der Waals surface area contributed by atoms with Crippen LogP contribution in [0.2, 0.25) is 0 Å². The van der Waals surface area contributed by atoms with E-state index in [0.29, 0.717) is 23.5 Å². The summed E-state index contributed by atoms with van der Waals surface area (Å²) in [5.41, 5.74) is -1.62. The fraction of sp³-hybridized carbons (Fsp3) is 0.158. The summed E-state index contributed by atoms with van der Waals surface area (Å²) in [5, 5.41) is 2.34. The van der Waals surface area contributed by atoms with Gasteiger partial charge in [0.25, 0.3) is 11.5 Å². The normalized spacial score (nSPS) is 11.5. The van der Waals surface area contributed by atoms with Gasteiger partial charge in [0, 0.05) is 12.6 Å². The largest absolute Gasteiger partial charge is 0.419 e. The molecule has 0 aliphatic carbocycles. The molecule has 2 aromatic carbocycles. The maximum Gasteiger partial charge on any atom is 0.419 e. The van der Waals surface area contributed by atoms with E-state index in [0.717, 1.165) is 6.07 Å². The van der Waals surface area contributed by atoms with Crippen molar-refractivity contribution in [2.75, 3.05) is 5.32 Å². The Labute approximate surface area is 156 Å². The van der Waals surface area contributed by atoms with Gasteiger partial charge in [0.15, 0.2) is 0 Å². The van der Waals surface area contributed by atoms with E-state index in [9.17, 15) is 27.2 Å². The molecule has 0 aliphatic rings. The van der Waals surface area contributed by atoms with Gasteiger partial charge in [-0.25, -0.2) is 9.07 Å². The number of nitrogens with zero attached hydrogens (tertiary/aromatic N) is 2. The number of amides is 1. The molecular weight excluding hydrogens is 378 g/mol. The van der Waals surface area contributed by atoms with Crippen LogP contribution in [0.5, 0.6) is 0 Å². The van der Waals surface area contributed by atoms with E-state index < -0.39 is 34.6 Å². The lowest BCUT2D eigenvalue weighted by atomic mass is 10.1. The van der Waals surface area contributed by atoms with Crippen molar-refractivity contribution >= 4 is 11.6 Å². The highest BCUT2D eigenvalue weighted by Crippen LogP contribution is 2.32. The molecule has 0 atom stereocenters. The second kappa shape index (κ2) is 6.99. The molecule has 0 saturated carbocycles. The van der Waals surface area contributed by atoms with Gasteiger partial charge in [-0.15, -0.1) is 0 Å². The van der Waals surface area contributed by atoms with E-state index >= 15 is 0 Å². The second-order valence-electron chi connectivity index (χ2n) is 6.08. The van der Waals surface area contributed by atoms with Crippen molar-refractivity contribution in [2.24, 2.45) is 7.05 Å². The third-order valence-corrected chi connectivity index (χ3v) is 4.33. The minimum absolute atomic E-state index is 0.0748. The number of halogens is 4. The third kappa shape index (κ3) is 3.42. The number of carbonyl (C=O) groups excluding carboxylic acids is 1. The Morgan fingerprint density at radius 1 is 1.07 bits per heavy atom. The Hall–Kier alpha value is -3.36. The summed E-state index contributed by atoms with van der Waals surface area (Å²) in [4.78, 5) is 25.2. The zero-order valence-electron chi connectivity index (χ0n) is 14.8. The zero-order chi connectivity index (χ0) is 20.6. The highest BCUT2D eigenvalue weighted by atomic mass is 19.4. The fourth-order valence-electron chi connectivity index (χ4n) is 2.78. The molecule has 146 valence electrons. The number of para-hydroxylation sites is 1. The van der Waals surface area contributed by atoms with Crippen LogP contribution in [-0.2, 0) is 13.2 Å². The number of anilines is 1. The van der Waals surface area contributed by atoms with Gasteiger partial charge < -0.3 is 5.32 Å². The molecule has 0 fully saturated rings. The Morgan fingerprint density at radius 3 is 2.32 bits per heavy atom. The number of benzene rings is 2. The molecule has 1 N–H and O–H groups in total. The van der Waals surface area contributed by atoms with E-state index in [1.807, 2.05) is 0 Å². The van der Waals surface area contributed by atoms with Crippen molar-refractivity contribution in [3.63, 3.8) is 0 Å². The average Bonchev–Trinajstić information content (AvgIpc) is 2.85. The molecular formula is C19H15F4N3O2. The van der Waals surface area contributed by atoms with Crippen LogP contribution in [0, 0.1) is 12.7 Å². The Morgan fingerprint density at radius 2 is 1.71 bits per heavy atom. The second-order valence-corrected chi connectivity index (χ2v) is 6.08. The Bertz CT molecular complexity index is 1100. The van der Waals surface area contributed by atoms with Gasteiger partial charge in [-0.1, -0.05) is 18.2 Å². The monoisotopic (exact) mass is 393 g/mol. The van der Waals surface area contributed by atoms with Crippen LogP contribution in [0.4, 0.5) is 23.2 Å². The van der Waals surface area contributed by atoms with Crippen molar-refractivity contribution < 1.29 is 22.4 Å². The number of nitrogens with one attached hydrogen (secondary N) is 1. The van der Waals surface area contributed by atoms with Crippen molar-refractivity contribution in [2.45, 2.75) is 13.1 Å². The van der Waals surface area contributed by atoms with Gasteiger partial charge in [-0.3, -0.25) is 14.3 Å². The topological polar surface area (TPSA) is 56.0 Å². The highest BCUT2D eigenvalue weighted by molar-refractivity contribution is 6.04. The Balaban J connectivity index is 2.00. The molecule has 0 spiro atoms. The molecule has 1 aromatic heterocycles. The Kier molecular flexibility index (Phi) is 4.84. The minimum Gasteiger partial charge on any atom is -0.316 e. The molecule has 1 heterocycles. The average molecular weight is 393 g/mol. The summed E-state index contributed by atoms with van der Waals surface area (Å²) in [6.07, 6.45) is -4.94. The summed E-state index contributed by atoms with van der Waals surface area (Å²) >= 11 is 0. The molecule has 0 aliphatic heterocycles. The van der Waals surface area contributed by atoms with Crippen molar-refractivity contribution in [1.29, 1.82) is 0 Å². The third-order valence-electron chi connectivity index (χ3n) is 4.33. The lowest BCUT2D eigenvalue weighted by Crippen LogP contribution is -2.23. The standard InChI is InChI=1S/C19H15F4N3O2/c1-11-16(18(28)26(25(11)2)13-6-4-3-5-7-13)24-17(27)12-8-9-15(20)14(10-12)19(21,22)23/h3-10H,1-2H3,(H,24,27). The van der Waals surface area contributed by atoms with E-state index in [1.54, 1.807) is 44.3 Å². The number of hydrogen-bond donors (Lipinski definition) is 1. The van der Waals surface area contributed by atoms with Gasteiger partial charge in [0.1, 0.15) is 11.5 Å². The number of aromatic nitrogens is 2. The smallest absolute Gasteiger partial charge is 0.316 e. The predicted molar refractivity (Wildman–Crippen MR) is 95.1 cm³/mol. The van der Waals surface area contributed by atoms with Crippen LogP contribution in [0.25, 0.3) is 5.69 Å². The lowest BCUT2D eigenvalue weighted by molar-refractivity contribution is -0.140. The first-order valence-corrected chi connectivity index (χ1v) is 8.13. The lowest BCUT2D eigenvalue weighted by Gasteiger charge is -2.10. The SMILES string of the molecule is Cc1c(NC(=O)c2ccc(F)c(C(F)(F)F)c2)c(=O)n(-c2ccccc2)n1C. The molecule has 9 heteroatoms. The first kappa shape index (κ1) is 19.4. The summed E-state index contributed by atoms with van der Waals surface area (Å²) in [5.74, 6) is -2.43. The van der Waals surface area contributed by atoms with Crippen molar-refractivity contribution in [3.05, 3.63) is 81.5 Å². The molecule has 0 bridgehead atoms. The van der Waals surface area contributed by atoms with Crippen LogP contribution in [-0.4, -0.2) is 15.3 Å². The number of carbonyl (C=O) groups is 1. The van der Waals surface area contributed by atoms with Gasteiger partial charge in [0.05, 0.1) is 16.9 Å². The fourth-order valence-corrected chi connectivity index (χ4v) is 2.78. The maximum absolute atomic E-state index is 13.4. The molecule has 1 amide bonds. The summed E-state index contributed by atoms with van der Waals surface area (Å²) in [7, 11) is 1.61. The highest BCUT2D eigenvalue weighted by Gasteiger charge is 2.34. The summed E-state index contributed by atoms with van der Waals surface area (Å²) < 4.78 is 54.8. The van der Waals surface area contributed by atoms with Gasteiger partial charge >= 0.3 is 6.18 Å². The first-order valence-electron chi connectivity index (χ1n) is 8.13. The minimum atomic E-state index is -4.94. The zero-order valence-corrected chi connectivity index (χ0v) is 14.8. The van der Waals surface area contributed by atoms with Crippen molar-refractivity contribution in [1.82, 2.24) is 9.36 Å². The quantitative estimate of drug-likeness (QED) is 0.687. The number of hydrogen-bond acceptors (Lipinski definition) is 2. The maximum atomic E-state index is 13.4. The van der Waals surface area contributed by atoms with Gasteiger partial charge in [-0.05, 0) is 37.3 Å². The van der Waals surface area contributed by atoms with Crippen LogP contribution in [0.1, 0.15) is 21.6 Å². The van der Waals surface area contributed by atoms with Crippen LogP contribution in [0.3, 0.4) is 0 Å². The van der Waals surface area contributed by atoms with Gasteiger partial charge in [0.2, 0.25) is 0 Å². The first-order chi connectivity index (χ1) is 13.1. The molecule has 5 nitrogen and oxygen atoms in total. The molecule has 28 heavy (non-hydrogen) atoms. The molecule has 0 saturated heterocycles. The predicted octanol–water partition coefficient (Wildman–Crippen LogP) is 3.89. The molecule has 3 aromatic rings. The summed E-state index contributed by atoms with van der Waals surface area (Å²) in [6.45, 7) is 1.59. The molecule has 3 rings (SSSR count). The van der Waals surface area contributed by atoms with Crippen LogP contribution < -0.4 is 10.9 Å².